The van der Waals surface area contributed by atoms with Crippen molar-refractivity contribution in [1.29, 1.82) is 0 Å². The van der Waals surface area contributed by atoms with Crippen LogP contribution in [0, 0.1) is 0 Å². The Morgan fingerprint density at radius 1 is 1.05 bits per heavy atom. The monoisotopic (exact) mass is 287 g/mol. The average Bonchev–Trinajstić information content (AvgIpc) is 2.93. The molecule has 0 spiro atoms. The summed E-state index contributed by atoms with van der Waals surface area (Å²) in [6, 6.07) is 14.2. The van der Waals surface area contributed by atoms with Gasteiger partial charge in [-0.25, -0.2) is 0 Å². The molecule has 0 radical (unpaired) electrons. The lowest BCUT2D eigenvalue weighted by Gasteiger charge is -2.10. The van der Waals surface area contributed by atoms with E-state index in [0.29, 0.717) is 6.61 Å². The van der Waals surface area contributed by atoms with Crippen molar-refractivity contribution in [3.63, 3.8) is 0 Å². The molecular weight excluding hydrogens is 270 g/mol. The molecule has 0 atom stereocenters. The van der Waals surface area contributed by atoms with Gasteiger partial charge in [-0.15, -0.1) is 0 Å². The maximum atomic E-state index is 6.08. The van der Waals surface area contributed by atoms with Crippen molar-refractivity contribution < 1.29 is 4.74 Å². The number of aryl methyl sites for hydroxylation is 2. The van der Waals surface area contributed by atoms with Crippen molar-refractivity contribution in [3.8, 4) is 5.75 Å². The van der Waals surface area contributed by atoms with E-state index in [2.05, 4.69) is 23.5 Å². The number of nitrogens with one attached hydrogen (secondary N) is 1. The van der Waals surface area contributed by atoms with E-state index >= 15 is 0 Å². The fourth-order valence-corrected chi connectivity index (χ4v) is 2.80. The summed E-state index contributed by atoms with van der Waals surface area (Å²) >= 11 is 6.08. The summed E-state index contributed by atoms with van der Waals surface area (Å²) in [6.07, 6.45) is 3.67. The van der Waals surface area contributed by atoms with Gasteiger partial charge in [-0.05, 0) is 54.7 Å². The van der Waals surface area contributed by atoms with Crippen molar-refractivity contribution in [2.45, 2.75) is 19.3 Å². The Labute approximate surface area is 124 Å². The summed E-state index contributed by atoms with van der Waals surface area (Å²) in [4.78, 5) is 0. The first-order valence-electron chi connectivity index (χ1n) is 7.06. The number of para-hydroxylation sites is 1. The number of anilines is 1. The first kappa shape index (κ1) is 13.3. The molecule has 0 saturated carbocycles. The van der Waals surface area contributed by atoms with E-state index < -0.39 is 0 Å². The molecule has 104 valence electrons. The quantitative estimate of drug-likeness (QED) is 0.827. The lowest BCUT2D eigenvalue weighted by Crippen LogP contribution is -2.11. The number of fused-ring (bicyclic) bond motifs is 1. The van der Waals surface area contributed by atoms with Crippen LogP contribution in [0.25, 0.3) is 0 Å². The van der Waals surface area contributed by atoms with E-state index in [-0.39, 0.29) is 0 Å². The molecule has 1 N–H and O–H groups in total. The zero-order chi connectivity index (χ0) is 13.8. The molecule has 2 aromatic rings. The van der Waals surface area contributed by atoms with Crippen LogP contribution in [-0.4, -0.2) is 13.2 Å². The van der Waals surface area contributed by atoms with Crippen molar-refractivity contribution in [2.75, 3.05) is 18.5 Å². The molecule has 0 saturated heterocycles. The van der Waals surface area contributed by atoms with Gasteiger partial charge in [0.25, 0.3) is 0 Å². The van der Waals surface area contributed by atoms with Crippen LogP contribution in [0.4, 0.5) is 5.69 Å². The number of ether oxygens (including phenoxy) is 1. The lowest BCUT2D eigenvalue weighted by atomic mass is 10.1. The molecule has 0 bridgehead atoms. The Balaban J connectivity index is 1.49. The molecule has 2 aromatic carbocycles. The third-order valence-electron chi connectivity index (χ3n) is 3.63. The minimum atomic E-state index is 0.629. The summed E-state index contributed by atoms with van der Waals surface area (Å²) in [5, 5.41) is 4.02. The standard InChI is InChI=1S/C17H18ClNO/c18-16-6-1-2-7-17(16)19-10-11-20-15-9-8-13-4-3-5-14(13)12-15/h1-2,6-9,12,19H,3-5,10-11H2. The van der Waals surface area contributed by atoms with Crippen LogP contribution in [0.2, 0.25) is 5.02 Å². The highest BCUT2D eigenvalue weighted by Gasteiger charge is 2.10. The molecule has 0 aliphatic heterocycles. The second-order valence-corrected chi connectivity index (χ2v) is 5.45. The smallest absolute Gasteiger partial charge is 0.119 e. The molecule has 0 fully saturated rings. The van der Waals surface area contributed by atoms with Gasteiger partial charge in [0.05, 0.1) is 10.7 Å². The van der Waals surface area contributed by atoms with E-state index in [1.807, 2.05) is 24.3 Å². The number of hydrogen-bond acceptors (Lipinski definition) is 2. The molecule has 0 amide bonds. The molecule has 0 aromatic heterocycles. The van der Waals surface area contributed by atoms with Crippen molar-refractivity contribution in [3.05, 3.63) is 58.6 Å². The van der Waals surface area contributed by atoms with Crippen molar-refractivity contribution in [1.82, 2.24) is 0 Å². The Kier molecular flexibility index (Phi) is 4.12. The fraction of sp³-hybridized carbons (Fsp3) is 0.294. The summed E-state index contributed by atoms with van der Waals surface area (Å²) in [7, 11) is 0. The third kappa shape index (κ3) is 3.07. The number of benzene rings is 2. The van der Waals surface area contributed by atoms with E-state index in [0.717, 1.165) is 23.0 Å². The SMILES string of the molecule is Clc1ccccc1NCCOc1ccc2c(c1)CCC2. The highest BCUT2D eigenvalue weighted by molar-refractivity contribution is 6.33. The maximum Gasteiger partial charge on any atom is 0.119 e. The summed E-state index contributed by atoms with van der Waals surface area (Å²) in [5.41, 5.74) is 3.87. The predicted molar refractivity (Wildman–Crippen MR) is 83.9 cm³/mol. The summed E-state index contributed by atoms with van der Waals surface area (Å²) in [5.74, 6) is 0.964. The Morgan fingerprint density at radius 2 is 1.90 bits per heavy atom. The second-order valence-electron chi connectivity index (χ2n) is 5.04. The highest BCUT2D eigenvalue weighted by atomic mass is 35.5. The van der Waals surface area contributed by atoms with Gasteiger partial charge in [-0.1, -0.05) is 29.8 Å². The number of rotatable bonds is 5. The molecule has 1 aliphatic carbocycles. The molecule has 3 heteroatoms. The number of hydrogen-bond donors (Lipinski definition) is 1. The van der Waals surface area contributed by atoms with Gasteiger partial charge < -0.3 is 10.1 Å². The number of halogens is 1. The molecule has 0 heterocycles. The molecule has 1 aliphatic rings. The third-order valence-corrected chi connectivity index (χ3v) is 3.96. The zero-order valence-electron chi connectivity index (χ0n) is 11.4. The van der Waals surface area contributed by atoms with Crippen LogP contribution in [0.1, 0.15) is 17.5 Å². The Morgan fingerprint density at radius 3 is 2.80 bits per heavy atom. The van der Waals surface area contributed by atoms with E-state index in [1.54, 1.807) is 0 Å². The first-order valence-corrected chi connectivity index (χ1v) is 7.44. The Bertz CT molecular complexity index is 597. The van der Waals surface area contributed by atoms with Gasteiger partial charge in [0.2, 0.25) is 0 Å². The van der Waals surface area contributed by atoms with Gasteiger partial charge in [0.1, 0.15) is 12.4 Å². The van der Waals surface area contributed by atoms with E-state index in [1.165, 1.54) is 30.4 Å². The van der Waals surface area contributed by atoms with Crippen LogP contribution >= 0.6 is 11.6 Å². The van der Waals surface area contributed by atoms with Gasteiger partial charge in [0, 0.05) is 6.54 Å². The minimum absolute atomic E-state index is 0.629. The van der Waals surface area contributed by atoms with Crippen LogP contribution in [0.3, 0.4) is 0 Å². The van der Waals surface area contributed by atoms with Crippen LogP contribution in [0.5, 0.6) is 5.75 Å². The van der Waals surface area contributed by atoms with Crippen molar-refractivity contribution in [2.24, 2.45) is 0 Å². The van der Waals surface area contributed by atoms with E-state index in [9.17, 15) is 0 Å². The first-order chi connectivity index (χ1) is 9.83. The second kappa shape index (κ2) is 6.19. The van der Waals surface area contributed by atoms with Crippen LogP contribution in [0.15, 0.2) is 42.5 Å². The summed E-state index contributed by atoms with van der Waals surface area (Å²) < 4.78 is 5.79. The van der Waals surface area contributed by atoms with Crippen LogP contribution < -0.4 is 10.1 Å². The molecule has 3 rings (SSSR count). The van der Waals surface area contributed by atoms with Crippen molar-refractivity contribution >= 4 is 17.3 Å². The van der Waals surface area contributed by atoms with Gasteiger partial charge in [0.15, 0.2) is 0 Å². The summed E-state index contributed by atoms with van der Waals surface area (Å²) in [6.45, 7) is 1.37. The van der Waals surface area contributed by atoms with Gasteiger partial charge in [-0.3, -0.25) is 0 Å². The topological polar surface area (TPSA) is 21.3 Å². The van der Waals surface area contributed by atoms with E-state index in [4.69, 9.17) is 16.3 Å². The molecule has 20 heavy (non-hydrogen) atoms. The van der Waals surface area contributed by atoms with Gasteiger partial charge in [-0.2, -0.15) is 0 Å². The molecule has 2 nitrogen and oxygen atoms in total. The van der Waals surface area contributed by atoms with Gasteiger partial charge >= 0.3 is 0 Å². The maximum absolute atomic E-state index is 6.08. The normalized spacial score (nSPS) is 13.1. The largest absolute Gasteiger partial charge is 0.492 e. The predicted octanol–water partition coefficient (Wildman–Crippen LogP) is 4.32. The average molecular weight is 288 g/mol. The minimum Gasteiger partial charge on any atom is -0.492 e. The molecular formula is C17H18ClNO. The van der Waals surface area contributed by atoms with Crippen LogP contribution in [-0.2, 0) is 12.8 Å². The Hall–Kier alpha value is -1.67. The highest BCUT2D eigenvalue weighted by Crippen LogP contribution is 2.26. The zero-order valence-corrected chi connectivity index (χ0v) is 12.1. The molecule has 0 unspecified atom stereocenters. The lowest BCUT2D eigenvalue weighted by molar-refractivity contribution is 0.332. The fourth-order valence-electron chi connectivity index (χ4n) is 2.60.